The smallest absolute Gasteiger partial charge is 0.0355 e. The summed E-state index contributed by atoms with van der Waals surface area (Å²) in [6.07, 6.45) is 0. The van der Waals surface area contributed by atoms with E-state index in [0.29, 0.717) is 0 Å². The molecule has 0 nitrogen and oxygen atoms in total. The molecule has 0 N–H and O–H groups in total. The minimum atomic E-state index is 1.25. The summed E-state index contributed by atoms with van der Waals surface area (Å²) >= 11 is 1.86. The van der Waals surface area contributed by atoms with Crippen molar-refractivity contribution in [2.75, 3.05) is 0 Å². The van der Waals surface area contributed by atoms with E-state index in [1.165, 1.54) is 75.1 Å². The third kappa shape index (κ3) is 3.66. The maximum Gasteiger partial charge on any atom is 0.0355 e. The molecule has 1 aromatic heterocycles. The number of fused-ring (bicyclic) bond motifs is 4. The number of hydrogen-bond donors (Lipinski definition) is 0. The highest BCUT2D eigenvalue weighted by molar-refractivity contribution is 7.22. The summed E-state index contributed by atoms with van der Waals surface area (Å²) in [7, 11) is 0. The Hall–Kier alpha value is -4.72. The highest BCUT2D eigenvalue weighted by Gasteiger charge is 2.17. The van der Waals surface area contributed by atoms with Gasteiger partial charge in [0.25, 0.3) is 0 Å². The fourth-order valence-corrected chi connectivity index (χ4v) is 7.09. The minimum Gasteiger partial charge on any atom is -0.135 e. The molecule has 1 heteroatoms. The molecular formula is C38H24S. The van der Waals surface area contributed by atoms with E-state index < -0.39 is 0 Å². The predicted molar refractivity (Wildman–Crippen MR) is 171 cm³/mol. The first-order valence-corrected chi connectivity index (χ1v) is 14.2. The fourth-order valence-electron chi connectivity index (χ4n) is 6.02. The Labute approximate surface area is 231 Å². The average molecular weight is 513 g/mol. The highest BCUT2D eigenvalue weighted by atomic mass is 32.1. The quantitative estimate of drug-likeness (QED) is 0.207. The molecule has 1 heterocycles. The number of thiophene rings is 1. The van der Waals surface area contributed by atoms with Crippen LogP contribution in [0.1, 0.15) is 0 Å². The van der Waals surface area contributed by atoms with E-state index in [1.54, 1.807) is 0 Å². The number of rotatable bonds is 3. The Morgan fingerprint density at radius 2 is 0.821 bits per heavy atom. The van der Waals surface area contributed by atoms with E-state index in [0.717, 1.165) is 0 Å². The molecule has 39 heavy (non-hydrogen) atoms. The molecule has 182 valence electrons. The van der Waals surface area contributed by atoms with Crippen LogP contribution < -0.4 is 0 Å². The number of benzene rings is 7. The van der Waals surface area contributed by atoms with Crippen LogP contribution in [0.5, 0.6) is 0 Å². The largest absolute Gasteiger partial charge is 0.135 e. The molecule has 0 aliphatic carbocycles. The van der Waals surface area contributed by atoms with E-state index in [4.69, 9.17) is 0 Å². The SMILES string of the molecule is c1ccc2cc(-c3c4ccccc4c(-c4ccc(-c5cc6ccccc6s5)cc4)c4ccccc34)ccc2c1. The molecule has 0 radical (unpaired) electrons. The lowest BCUT2D eigenvalue weighted by Crippen LogP contribution is -1.91. The number of hydrogen-bond acceptors (Lipinski definition) is 1. The van der Waals surface area contributed by atoms with Crippen molar-refractivity contribution >= 4 is 53.7 Å². The van der Waals surface area contributed by atoms with Gasteiger partial charge >= 0.3 is 0 Å². The molecule has 0 spiro atoms. The van der Waals surface area contributed by atoms with Crippen molar-refractivity contribution < 1.29 is 0 Å². The van der Waals surface area contributed by atoms with Gasteiger partial charge in [-0.25, -0.2) is 0 Å². The molecule has 8 aromatic rings. The third-order valence-electron chi connectivity index (χ3n) is 7.85. The van der Waals surface area contributed by atoms with E-state index in [-0.39, 0.29) is 0 Å². The van der Waals surface area contributed by atoms with Crippen LogP contribution in [0.3, 0.4) is 0 Å². The van der Waals surface area contributed by atoms with E-state index in [9.17, 15) is 0 Å². The van der Waals surface area contributed by atoms with Gasteiger partial charge in [-0.1, -0.05) is 127 Å². The molecule has 0 saturated heterocycles. The van der Waals surface area contributed by atoms with Crippen molar-refractivity contribution in [3.63, 3.8) is 0 Å². The standard InChI is InChI=1S/C38H24S/c1-2-10-28-23-30(22-17-25(28)9-1)38-33-14-6-4-12-31(33)37(32-13-5-7-15-34(32)38)27-20-18-26(19-21-27)36-24-29-11-3-8-16-35(29)39-36/h1-24H. The molecule has 8 rings (SSSR count). The molecule has 0 aliphatic rings. The first-order valence-electron chi connectivity index (χ1n) is 13.4. The summed E-state index contributed by atoms with van der Waals surface area (Å²) in [4.78, 5) is 1.31. The highest BCUT2D eigenvalue weighted by Crippen LogP contribution is 2.44. The van der Waals surface area contributed by atoms with Crippen molar-refractivity contribution in [3.05, 3.63) is 146 Å². The Morgan fingerprint density at radius 1 is 0.333 bits per heavy atom. The first kappa shape index (κ1) is 22.3. The molecular weight excluding hydrogens is 488 g/mol. The zero-order chi connectivity index (χ0) is 25.8. The average Bonchev–Trinajstić information content (AvgIpc) is 3.44. The molecule has 0 amide bonds. The lowest BCUT2D eigenvalue weighted by atomic mass is 9.85. The molecule has 0 aliphatic heterocycles. The van der Waals surface area contributed by atoms with Gasteiger partial charge in [0.15, 0.2) is 0 Å². The van der Waals surface area contributed by atoms with Crippen LogP contribution in [-0.4, -0.2) is 0 Å². The maximum absolute atomic E-state index is 2.34. The van der Waals surface area contributed by atoms with Crippen LogP contribution in [0.25, 0.3) is 75.1 Å². The Kier molecular flexibility index (Phi) is 5.11. The van der Waals surface area contributed by atoms with E-state index >= 15 is 0 Å². The molecule has 0 bridgehead atoms. The second kappa shape index (κ2) is 8.94. The van der Waals surface area contributed by atoms with Gasteiger partial charge in [-0.3, -0.25) is 0 Å². The first-order chi connectivity index (χ1) is 19.3. The van der Waals surface area contributed by atoms with Gasteiger partial charge in [0.1, 0.15) is 0 Å². The fraction of sp³-hybridized carbons (Fsp3) is 0. The van der Waals surface area contributed by atoms with E-state index in [1.807, 2.05) is 11.3 Å². The Bertz CT molecular complexity index is 2070. The van der Waals surface area contributed by atoms with Gasteiger partial charge in [0.2, 0.25) is 0 Å². The predicted octanol–water partition coefficient (Wildman–Crippen LogP) is 11.4. The molecule has 0 atom stereocenters. The summed E-state index contributed by atoms with van der Waals surface area (Å²) in [5, 5.41) is 8.99. The van der Waals surface area contributed by atoms with Gasteiger partial charge < -0.3 is 0 Å². The normalized spacial score (nSPS) is 11.6. The van der Waals surface area contributed by atoms with Gasteiger partial charge in [0, 0.05) is 9.58 Å². The van der Waals surface area contributed by atoms with Crippen molar-refractivity contribution in [3.8, 4) is 32.7 Å². The minimum absolute atomic E-state index is 1.25. The Balaban J connectivity index is 1.35. The monoisotopic (exact) mass is 512 g/mol. The van der Waals surface area contributed by atoms with Crippen molar-refractivity contribution in [2.24, 2.45) is 0 Å². The topological polar surface area (TPSA) is 0 Å². The van der Waals surface area contributed by atoms with Crippen LogP contribution >= 0.6 is 11.3 Å². The van der Waals surface area contributed by atoms with Crippen LogP contribution in [0.15, 0.2) is 146 Å². The summed E-state index contributed by atoms with van der Waals surface area (Å²) in [6, 6.07) is 53.3. The van der Waals surface area contributed by atoms with Crippen LogP contribution in [-0.2, 0) is 0 Å². The van der Waals surface area contributed by atoms with Crippen LogP contribution in [0.2, 0.25) is 0 Å². The van der Waals surface area contributed by atoms with Crippen molar-refractivity contribution in [1.29, 1.82) is 0 Å². The summed E-state index contributed by atoms with van der Waals surface area (Å²) < 4.78 is 1.33. The lowest BCUT2D eigenvalue weighted by molar-refractivity contribution is 1.66. The lowest BCUT2D eigenvalue weighted by Gasteiger charge is -2.18. The van der Waals surface area contributed by atoms with Gasteiger partial charge in [0.05, 0.1) is 0 Å². The van der Waals surface area contributed by atoms with Gasteiger partial charge in [-0.2, -0.15) is 0 Å². The second-order valence-corrected chi connectivity index (χ2v) is 11.2. The van der Waals surface area contributed by atoms with Crippen molar-refractivity contribution in [1.82, 2.24) is 0 Å². The zero-order valence-electron chi connectivity index (χ0n) is 21.3. The van der Waals surface area contributed by atoms with Crippen molar-refractivity contribution in [2.45, 2.75) is 0 Å². The van der Waals surface area contributed by atoms with E-state index in [2.05, 4.69) is 146 Å². The second-order valence-electron chi connectivity index (χ2n) is 10.1. The third-order valence-corrected chi connectivity index (χ3v) is 9.02. The molecule has 0 unspecified atom stereocenters. The summed E-state index contributed by atoms with van der Waals surface area (Å²) in [6.45, 7) is 0. The Morgan fingerprint density at radius 3 is 1.46 bits per heavy atom. The molecule has 0 saturated carbocycles. The molecule has 7 aromatic carbocycles. The van der Waals surface area contributed by atoms with Gasteiger partial charge in [-0.05, 0) is 83.7 Å². The van der Waals surface area contributed by atoms with Crippen LogP contribution in [0, 0.1) is 0 Å². The molecule has 0 fully saturated rings. The zero-order valence-corrected chi connectivity index (χ0v) is 22.1. The summed E-state index contributed by atoms with van der Waals surface area (Å²) in [5.74, 6) is 0. The summed E-state index contributed by atoms with van der Waals surface area (Å²) in [5.41, 5.74) is 6.37. The van der Waals surface area contributed by atoms with Crippen LogP contribution in [0.4, 0.5) is 0 Å². The maximum atomic E-state index is 2.34. The van der Waals surface area contributed by atoms with Gasteiger partial charge in [-0.15, -0.1) is 11.3 Å².